The van der Waals surface area contributed by atoms with Gasteiger partial charge in [-0.25, -0.2) is 9.97 Å². The highest BCUT2D eigenvalue weighted by atomic mass is 15.5. The fourth-order valence-electron chi connectivity index (χ4n) is 2.91. The van der Waals surface area contributed by atoms with Crippen molar-refractivity contribution in [1.82, 2.24) is 39.7 Å². The highest BCUT2D eigenvalue weighted by Gasteiger charge is 2.18. The molecule has 1 aromatic carbocycles. The van der Waals surface area contributed by atoms with Crippen LogP contribution in [0.3, 0.4) is 0 Å². The van der Waals surface area contributed by atoms with Crippen LogP contribution in [0.2, 0.25) is 0 Å². The zero-order valence-electron chi connectivity index (χ0n) is 13.9. The summed E-state index contributed by atoms with van der Waals surface area (Å²) in [4.78, 5) is 8.99. The molecule has 4 aromatic rings. The first-order valence-electron chi connectivity index (χ1n) is 8.20. The smallest absolute Gasteiger partial charge is 0.176 e. The van der Waals surface area contributed by atoms with E-state index in [9.17, 15) is 0 Å². The predicted octanol–water partition coefficient (Wildman–Crippen LogP) is 2.19. The van der Waals surface area contributed by atoms with Gasteiger partial charge < -0.3 is 9.13 Å². The lowest BCUT2D eigenvalue weighted by molar-refractivity contribution is 0.670. The van der Waals surface area contributed by atoms with Crippen LogP contribution < -0.4 is 0 Å². The number of aromatic nitrogens is 8. The number of aryl methyl sites for hydroxylation is 3. The first-order valence-corrected chi connectivity index (χ1v) is 8.20. The number of hydrogen-bond donors (Lipinski definition) is 1. The molecule has 0 aliphatic heterocycles. The van der Waals surface area contributed by atoms with Crippen LogP contribution in [0.25, 0.3) is 22.6 Å². The van der Waals surface area contributed by atoms with Crippen LogP contribution in [-0.2, 0) is 19.5 Å². The Hall–Kier alpha value is -3.29. The maximum atomic E-state index is 4.68. The molecule has 0 saturated carbocycles. The molecule has 3 aromatic heterocycles. The van der Waals surface area contributed by atoms with Gasteiger partial charge in [0.1, 0.15) is 0 Å². The molecule has 0 spiro atoms. The molecular weight excluding hydrogens is 316 g/mol. The molecule has 0 amide bonds. The summed E-state index contributed by atoms with van der Waals surface area (Å²) >= 11 is 0. The van der Waals surface area contributed by atoms with E-state index in [4.69, 9.17) is 0 Å². The van der Waals surface area contributed by atoms with Crippen molar-refractivity contribution >= 4 is 0 Å². The van der Waals surface area contributed by atoms with E-state index in [0.717, 1.165) is 29.2 Å². The summed E-state index contributed by atoms with van der Waals surface area (Å²) in [5, 5.41) is 14.1. The Morgan fingerprint density at radius 3 is 2.72 bits per heavy atom. The van der Waals surface area contributed by atoms with Crippen molar-refractivity contribution in [3.8, 4) is 22.6 Å². The van der Waals surface area contributed by atoms with Crippen molar-refractivity contribution in [3.05, 3.63) is 55.0 Å². The Labute approximate surface area is 144 Å². The number of tetrazole rings is 1. The summed E-state index contributed by atoms with van der Waals surface area (Å²) in [7, 11) is 0. The zero-order chi connectivity index (χ0) is 17.1. The van der Waals surface area contributed by atoms with Crippen molar-refractivity contribution in [2.24, 2.45) is 0 Å². The molecule has 0 aliphatic carbocycles. The number of nitrogens with one attached hydrogen (secondary N) is 1. The van der Waals surface area contributed by atoms with Crippen LogP contribution in [0.4, 0.5) is 0 Å². The molecule has 3 heterocycles. The Bertz CT molecular complexity index is 936. The molecule has 0 unspecified atom stereocenters. The normalized spacial score (nSPS) is 11.1. The molecule has 25 heavy (non-hydrogen) atoms. The number of nitrogens with zero attached hydrogens (tertiary/aromatic N) is 7. The lowest BCUT2D eigenvalue weighted by atomic mass is 10.1. The molecule has 0 saturated heterocycles. The number of benzene rings is 1. The minimum Gasteiger partial charge on any atom is -0.330 e. The van der Waals surface area contributed by atoms with Gasteiger partial charge >= 0.3 is 0 Å². The van der Waals surface area contributed by atoms with Crippen molar-refractivity contribution in [2.75, 3.05) is 0 Å². The summed E-state index contributed by atoms with van der Waals surface area (Å²) in [6.07, 6.45) is 6.28. The molecule has 0 bridgehead atoms. The monoisotopic (exact) mass is 334 g/mol. The van der Waals surface area contributed by atoms with E-state index in [2.05, 4.69) is 58.8 Å². The van der Waals surface area contributed by atoms with Crippen molar-refractivity contribution in [1.29, 1.82) is 0 Å². The summed E-state index contributed by atoms with van der Waals surface area (Å²) in [6, 6.07) is 10.2. The maximum Gasteiger partial charge on any atom is 0.176 e. The lowest BCUT2D eigenvalue weighted by Crippen LogP contribution is -2.06. The predicted molar refractivity (Wildman–Crippen MR) is 92.4 cm³/mol. The zero-order valence-corrected chi connectivity index (χ0v) is 13.9. The quantitative estimate of drug-likeness (QED) is 0.584. The Morgan fingerprint density at radius 2 is 1.96 bits per heavy atom. The van der Waals surface area contributed by atoms with Crippen LogP contribution in [0.15, 0.2) is 49.2 Å². The van der Waals surface area contributed by atoms with Gasteiger partial charge in [0.2, 0.25) is 0 Å². The first kappa shape index (κ1) is 15.3. The van der Waals surface area contributed by atoms with Crippen LogP contribution in [0.1, 0.15) is 12.7 Å². The molecule has 126 valence electrons. The molecule has 0 radical (unpaired) electrons. The standard InChI is InChI=1S/C17H18N8/c1-2-24-11-18-10-14(24)17-16(13-6-4-3-5-7-13)19-12-25(17)9-8-15-20-22-23-21-15/h3-7,10-12H,2,8-9H2,1H3,(H,20,21,22,23). The maximum absolute atomic E-state index is 4.68. The van der Waals surface area contributed by atoms with Crippen molar-refractivity contribution in [3.63, 3.8) is 0 Å². The Balaban J connectivity index is 1.77. The van der Waals surface area contributed by atoms with Crippen molar-refractivity contribution in [2.45, 2.75) is 26.4 Å². The first-order chi connectivity index (χ1) is 12.4. The summed E-state index contributed by atoms with van der Waals surface area (Å²) in [5.74, 6) is 0.685. The number of rotatable bonds is 6. The van der Waals surface area contributed by atoms with E-state index < -0.39 is 0 Å². The summed E-state index contributed by atoms with van der Waals surface area (Å²) in [5.41, 5.74) is 4.13. The topological polar surface area (TPSA) is 90.1 Å². The number of aromatic amines is 1. The third-order valence-electron chi connectivity index (χ3n) is 4.15. The second-order valence-corrected chi connectivity index (χ2v) is 5.64. The average Bonchev–Trinajstić information content (AvgIpc) is 3.39. The second-order valence-electron chi connectivity index (χ2n) is 5.64. The van der Waals surface area contributed by atoms with Gasteiger partial charge in [-0.3, -0.25) is 0 Å². The second kappa shape index (κ2) is 6.68. The van der Waals surface area contributed by atoms with E-state index in [1.54, 1.807) is 0 Å². The highest BCUT2D eigenvalue weighted by Crippen LogP contribution is 2.31. The summed E-state index contributed by atoms with van der Waals surface area (Å²) in [6.45, 7) is 3.66. The van der Waals surface area contributed by atoms with Gasteiger partial charge in [-0.15, -0.1) is 10.2 Å². The number of imidazole rings is 2. The lowest BCUT2D eigenvalue weighted by Gasteiger charge is -2.11. The van der Waals surface area contributed by atoms with E-state index in [0.29, 0.717) is 18.8 Å². The largest absolute Gasteiger partial charge is 0.330 e. The van der Waals surface area contributed by atoms with Gasteiger partial charge in [0.25, 0.3) is 0 Å². The molecule has 8 nitrogen and oxygen atoms in total. The van der Waals surface area contributed by atoms with Crippen molar-refractivity contribution < 1.29 is 0 Å². The Kier molecular flexibility index (Phi) is 4.07. The molecule has 8 heteroatoms. The number of hydrogen-bond acceptors (Lipinski definition) is 5. The summed E-state index contributed by atoms with van der Waals surface area (Å²) < 4.78 is 4.25. The van der Waals surface area contributed by atoms with E-state index in [-0.39, 0.29) is 0 Å². The highest BCUT2D eigenvalue weighted by molar-refractivity contribution is 5.76. The van der Waals surface area contributed by atoms with Gasteiger partial charge in [0, 0.05) is 25.1 Å². The fourth-order valence-corrected chi connectivity index (χ4v) is 2.91. The van der Waals surface area contributed by atoms with Gasteiger partial charge in [-0.05, 0) is 6.92 Å². The number of H-pyrrole nitrogens is 1. The van der Waals surface area contributed by atoms with Crippen LogP contribution in [0.5, 0.6) is 0 Å². The Morgan fingerprint density at radius 1 is 1.08 bits per heavy atom. The third kappa shape index (κ3) is 2.93. The molecule has 0 fully saturated rings. The van der Waals surface area contributed by atoms with Gasteiger partial charge in [-0.2, -0.15) is 5.21 Å². The van der Waals surface area contributed by atoms with Crippen LogP contribution in [-0.4, -0.2) is 39.7 Å². The van der Waals surface area contributed by atoms with Gasteiger partial charge in [-0.1, -0.05) is 35.5 Å². The fraction of sp³-hybridized carbons (Fsp3) is 0.235. The van der Waals surface area contributed by atoms with Crippen LogP contribution in [0, 0.1) is 0 Å². The molecule has 0 aliphatic rings. The molecule has 4 rings (SSSR count). The van der Waals surface area contributed by atoms with Crippen LogP contribution >= 0.6 is 0 Å². The minimum absolute atomic E-state index is 0.675. The third-order valence-corrected chi connectivity index (χ3v) is 4.15. The van der Waals surface area contributed by atoms with Gasteiger partial charge in [0.05, 0.1) is 35.9 Å². The van der Waals surface area contributed by atoms with E-state index >= 15 is 0 Å². The van der Waals surface area contributed by atoms with E-state index in [1.807, 2.05) is 37.1 Å². The SMILES string of the molecule is CCn1cncc1-c1c(-c2ccccc2)ncn1CCc1nn[nH]n1. The van der Waals surface area contributed by atoms with E-state index in [1.165, 1.54) is 0 Å². The van der Waals surface area contributed by atoms with Gasteiger partial charge in [0.15, 0.2) is 5.82 Å². The average molecular weight is 334 g/mol. The molecule has 0 atom stereocenters. The molecular formula is C17H18N8. The minimum atomic E-state index is 0.675. The molecule has 1 N–H and O–H groups in total.